The van der Waals surface area contributed by atoms with Gasteiger partial charge >= 0.3 is 0 Å². The smallest absolute Gasteiger partial charge is 0.281 e. The van der Waals surface area contributed by atoms with Gasteiger partial charge in [0, 0.05) is 12.6 Å². The van der Waals surface area contributed by atoms with Gasteiger partial charge in [0.05, 0.1) is 30.8 Å². The lowest BCUT2D eigenvalue weighted by Gasteiger charge is -2.35. The maximum absolute atomic E-state index is 13.9. The molecule has 0 spiro atoms. The summed E-state index contributed by atoms with van der Waals surface area (Å²) in [5.74, 6) is 2.91. The second-order valence-corrected chi connectivity index (χ2v) is 10.5. The average Bonchev–Trinajstić information content (AvgIpc) is 3.54. The molecule has 1 N–H and O–H groups in total. The number of imidazole rings is 1. The van der Waals surface area contributed by atoms with E-state index in [1.165, 1.54) is 19.3 Å². The number of aromatic nitrogens is 2. The number of methoxy groups -OCH3 is 1. The zero-order chi connectivity index (χ0) is 24.1. The maximum atomic E-state index is 13.9. The van der Waals surface area contributed by atoms with Crippen molar-refractivity contribution >= 4 is 35.2 Å². The highest BCUT2D eigenvalue weighted by atomic mass is 35.5. The average molecular weight is 497 g/mol. The number of ether oxygens (including phenoxy) is 1. The Morgan fingerprint density at radius 2 is 1.97 bits per heavy atom. The van der Waals surface area contributed by atoms with Crippen LogP contribution in [0.3, 0.4) is 0 Å². The molecule has 1 aromatic carbocycles. The third kappa shape index (κ3) is 3.77. The molecule has 3 heterocycles. The SMILES string of the molecule is CCN1C(=O)c2c(nc(NC3CCCCC3)n2Cc2ccc(OC)c(Cl)c2)N2C1=N[C@@H]1CCC[C@@H]12. The van der Waals surface area contributed by atoms with Gasteiger partial charge in [-0.25, -0.2) is 4.99 Å². The Labute approximate surface area is 211 Å². The number of amides is 1. The first kappa shape index (κ1) is 22.7. The molecule has 2 atom stereocenters. The molecule has 0 unspecified atom stereocenters. The van der Waals surface area contributed by atoms with Crippen LogP contribution in [0.4, 0.5) is 11.8 Å². The minimum Gasteiger partial charge on any atom is -0.495 e. The number of fused-ring (bicyclic) bond motifs is 5. The Hall–Kier alpha value is -2.74. The van der Waals surface area contributed by atoms with E-state index in [4.69, 9.17) is 26.3 Å². The molecule has 9 heteroatoms. The first-order valence-corrected chi connectivity index (χ1v) is 13.3. The number of carbonyl (C=O) groups is 1. The first-order chi connectivity index (χ1) is 17.1. The van der Waals surface area contributed by atoms with Crippen molar-refractivity contribution in [2.45, 2.75) is 83.0 Å². The molecule has 0 bridgehead atoms. The van der Waals surface area contributed by atoms with E-state index in [2.05, 4.69) is 14.8 Å². The summed E-state index contributed by atoms with van der Waals surface area (Å²) in [5.41, 5.74) is 1.64. The number of anilines is 2. The predicted octanol–water partition coefficient (Wildman–Crippen LogP) is 4.91. The summed E-state index contributed by atoms with van der Waals surface area (Å²) >= 11 is 6.45. The van der Waals surface area contributed by atoms with Gasteiger partial charge in [0.15, 0.2) is 11.5 Å². The van der Waals surface area contributed by atoms with Crippen molar-refractivity contribution < 1.29 is 9.53 Å². The second-order valence-electron chi connectivity index (χ2n) is 10.1. The van der Waals surface area contributed by atoms with Crippen LogP contribution in [0.25, 0.3) is 0 Å². The number of hydrogen-bond acceptors (Lipinski definition) is 6. The van der Waals surface area contributed by atoms with Crippen molar-refractivity contribution in [3.63, 3.8) is 0 Å². The molecule has 2 aliphatic heterocycles. The summed E-state index contributed by atoms with van der Waals surface area (Å²) in [6.45, 7) is 3.10. The number of aliphatic imine (C=N–C) groups is 1. The number of benzene rings is 1. The van der Waals surface area contributed by atoms with Crippen molar-refractivity contribution in [2.75, 3.05) is 23.9 Å². The summed E-state index contributed by atoms with van der Waals surface area (Å²) in [6.07, 6.45) is 9.30. The Morgan fingerprint density at radius 1 is 1.14 bits per heavy atom. The molecule has 35 heavy (non-hydrogen) atoms. The third-order valence-electron chi connectivity index (χ3n) is 7.95. The van der Waals surface area contributed by atoms with Gasteiger partial charge in [0.25, 0.3) is 5.91 Å². The van der Waals surface area contributed by atoms with Gasteiger partial charge in [-0.2, -0.15) is 4.98 Å². The van der Waals surface area contributed by atoms with Crippen molar-refractivity contribution in [3.05, 3.63) is 34.5 Å². The Balaban J connectivity index is 1.45. The normalized spacial score (nSPS) is 23.7. The molecule has 2 aliphatic carbocycles. The van der Waals surface area contributed by atoms with Crippen molar-refractivity contribution in [1.82, 2.24) is 14.5 Å². The van der Waals surface area contributed by atoms with Crippen molar-refractivity contribution in [3.8, 4) is 5.75 Å². The first-order valence-electron chi connectivity index (χ1n) is 13.0. The van der Waals surface area contributed by atoms with Gasteiger partial charge in [-0.15, -0.1) is 0 Å². The van der Waals surface area contributed by atoms with Crippen LogP contribution >= 0.6 is 11.6 Å². The van der Waals surface area contributed by atoms with Crippen LogP contribution in [-0.4, -0.2) is 58.1 Å². The van der Waals surface area contributed by atoms with Crippen LogP contribution in [-0.2, 0) is 6.54 Å². The zero-order valence-electron chi connectivity index (χ0n) is 20.5. The van der Waals surface area contributed by atoms with Gasteiger partial charge in [0.1, 0.15) is 5.75 Å². The molecular formula is C26H33ClN6O2. The largest absolute Gasteiger partial charge is 0.495 e. The topological polar surface area (TPSA) is 75.0 Å². The standard InChI is InChI=1S/C26H33ClN6O2/c1-3-31-24(34)22-23(33-20-11-7-10-19(20)29-26(31)33)30-25(28-17-8-5-4-6-9-17)32(22)15-16-12-13-21(35-2)18(27)14-16/h12-14,17,19-20H,3-11,15H2,1-2H3,(H,28,30)/t19-,20+/m1/s1. The quantitative estimate of drug-likeness (QED) is 0.615. The molecule has 1 amide bonds. The second kappa shape index (κ2) is 9.04. The van der Waals surface area contributed by atoms with Gasteiger partial charge < -0.3 is 10.1 Å². The molecule has 8 nitrogen and oxygen atoms in total. The highest BCUT2D eigenvalue weighted by molar-refractivity contribution is 6.32. The fourth-order valence-corrected chi connectivity index (χ4v) is 6.47. The minimum atomic E-state index is -0.0266. The van der Waals surface area contributed by atoms with E-state index in [9.17, 15) is 4.79 Å². The molecule has 6 rings (SSSR count). The minimum absolute atomic E-state index is 0.0266. The number of nitrogens with zero attached hydrogens (tertiary/aromatic N) is 5. The molecular weight excluding hydrogens is 464 g/mol. The lowest BCUT2D eigenvalue weighted by molar-refractivity contribution is 0.0836. The van der Waals surface area contributed by atoms with Gasteiger partial charge in [-0.05, 0) is 56.7 Å². The summed E-state index contributed by atoms with van der Waals surface area (Å²) < 4.78 is 7.40. The van der Waals surface area contributed by atoms with Crippen LogP contribution < -0.4 is 15.0 Å². The molecule has 0 saturated heterocycles. The van der Waals surface area contributed by atoms with E-state index in [0.717, 1.165) is 55.4 Å². The van der Waals surface area contributed by atoms with Crippen LogP contribution in [0.1, 0.15) is 74.3 Å². The highest BCUT2D eigenvalue weighted by Crippen LogP contribution is 2.42. The summed E-state index contributed by atoms with van der Waals surface area (Å²) in [5, 5.41) is 4.27. The zero-order valence-corrected chi connectivity index (χ0v) is 21.2. The van der Waals surface area contributed by atoms with Gasteiger partial charge in [0.2, 0.25) is 11.9 Å². The molecule has 2 saturated carbocycles. The van der Waals surface area contributed by atoms with Crippen LogP contribution in [0, 0.1) is 0 Å². The number of hydrogen-bond donors (Lipinski definition) is 1. The fourth-order valence-electron chi connectivity index (χ4n) is 6.19. The molecule has 1 aromatic heterocycles. The van der Waals surface area contributed by atoms with Gasteiger partial charge in [-0.3, -0.25) is 19.2 Å². The lowest BCUT2D eigenvalue weighted by atomic mass is 9.96. The number of halogens is 1. The van der Waals surface area contributed by atoms with E-state index >= 15 is 0 Å². The maximum Gasteiger partial charge on any atom is 0.281 e. The molecule has 186 valence electrons. The number of rotatable bonds is 6. The third-order valence-corrected chi connectivity index (χ3v) is 8.25. The Bertz CT molecular complexity index is 1170. The van der Waals surface area contributed by atoms with Gasteiger partial charge in [-0.1, -0.05) is 36.9 Å². The number of guanidine groups is 1. The van der Waals surface area contributed by atoms with E-state index in [1.807, 2.05) is 30.0 Å². The van der Waals surface area contributed by atoms with Crippen LogP contribution in [0.2, 0.25) is 5.02 Å². The van der Waals surface area contributed by atoms with Crippen LogP contribution in [0.5, 0.6) is 5.75 Å². The Kier molecular flexibility index (Phi) is 5.87. The number of carbonyl (C=O) groups excluding carboxylic acids is 1. The molecule has 4 aliphatic rings. The molecule has 2 fully saturated rings. The van der Waals surface area contributed by atoms with E-state index in [1.54, 1.807) is 7.11 Å². The summed E-state index contributed by atoms with van der Waals surface area (Å²) in [6, 6.07) is 6.70. The Morgan fingerprint density at radius 3 is 2.71 bits per heavy atom. The van der Waals surface area contributed by atoms with E-state index in [-0.39, 0.29) is 18.0 Å². The monoisotopic (exact) mass is 496 g/mol. The molecule has 2 aromatic rings. The van der Waals surface area contributed by atoms with E-state index < -0.39 is 0 Å². The fraction of sp³-hybridized carbons (Fsp3) is 0.577. The summed E-state index contributed by atoms with van der Waals surface area (Å²) in [7, 11) is 1.61. The van der Waals surface area contributed by atoms with E-state index in [0.29, 0.717) is 35.6 Å². The highest BCUT2D eigenvalue weighted by Gasteiger charge is 2.49. The number of nitrogens with one attached hydrogen (secondary N) is 1. The molecule has 0 radical (unpaired) electrons. The van der Waals surface area contributed by atoms with Crippen molar-refractivity contribution in [1.29, 1.82) is 0 Å². The summed E-state index contributed by atoms with van der Waals surface area (Å²) in [4.78, 5) is 28.1. The predicted molar refractivity (Wildman–Crippen MR) is 138 cm³/mol. The lowest BCUT2D eigenvalue weighted by Crippen LogP contribution is -2.53. The van der Waals surface area contributed by atoms with Crippen LogP contribution in [0.15, 0.2) is 23.2 Å². The van der Waals surface area contributed by atoms with Crippen molar-refractivity contribution in [2.24, 2.45) is 4.99 Å².